The highest BCUT2D eigenvalue weighted by molar-refractivity contribution is 4.75. The molecule has 0 unspecified atom stereocenters. The van der Waals surface area contributed by atoms with Gasteiger partial charge in [-0.2, -0.15) is 0 Å². The van der Waals surface area contributed by atoms with Crippen molar-refractivity contribution < 1.29 is 0 Å². The van der Waals surface area contributed by atoms with Crippen LogP contribution in [-0.4, -0.2) is 25.1 Å². The van der Waals surface area contributed by atoms with E-state index < -0.39 is 0 Å². The number of hydrogen-bond acceptors (Lipinski definition) is 2. The van der Waals surface area contributed by atoms with Gasteiger partial charge in [0.2, 0.25) is 0 Å². The van der Waals surface area contributed by atoms with E-state index in [4.69, 9.17) is 0 Å². The van der Waals surface area contributed by atoms with Crippen LogP contribution in [-0.2, 0) is 0 Å². The summed E-state index contributed by atoms with van der Waals surface area (Å²) in [6.07, 6.45) is 4.14. The first kappa shape index (κ1) is 8.02. The maximum Gasteiger partial charge on any atom is 0.0159 e. The largest absolute Gasteiger partial charge is 0.258 e. The van der Waals surface area contributed by atoms with E-state index in [1.165, 1.54) is 32.4 Å². The van der Waals surface area contributed by atoms with E-state index in [1.807, 2.05) is 7.05 Å². The topological polar surface area (TPSA) is 15.3 Å². The van der Waals surface area contributed by atoms with Crippen LogP contribution in [0, 0.1) is 5.92 Å². The highest BCUT2D eigenvalue weighted by Crippen LogP contribution is 2.29. The lowest BCUT2D eigenvalue weighted by atomic mass is 10.4. The molecule has 1 rings (SSSR count). The fraction of sp³-hybridized carbons (Fsp3) is 1.00. The van der Waals surface area contributed by atoms with Crippen molar-refractivity contribution in [3.8, 4) is 0 Å². The Kier molecular flexibility index (Phi) is 3.16. The third-order valence-electron chi connectivity index (χ3n) is 1.99. The lowest BCUT2D eigenvalue weighted by Crippen LogP contribution is -2.37. The highest BCUT2D eigenvalue weighted by Gasteiger charge is 2.23. The van der Waals surface area contributed by atoms with Crippen LogP contribution < -0.4 is 5.43 Å². The fourth-order valence-electron chi connectivity index (χ4n) is 1.18. The predicted molar refractivity (Wildman–Crippen MR) is 43.6 cm³/mol. The molecule has 2 nitrogen and oxygen atoms in total. The van der Waals surface area contributed by atoms with E-state index in [0.717, 1.165) is 5.92 Å². The summed E-state index contributed by atoms with van der Waals surface area (Å²) < 4.78 is 0. The molecular weight excluding hydrogens is 124 g/mol. The summed E-state index contributed by atoms with van der Waals surface area (Å²) >= 11 is 0. The van der Waals surface area contributed by atoms with E-state index in [2.05, 4.69) is 17.4 Å². The molecule has 2 heteroatoms. The van der Waals surface area contributed by atoms with Crippen molar-refractivity contribution in [1.29, 1.82) is 0 Å². The van der Waals surface area contributed by atoms with E-state index in [0.29, 0.717) is 0 Å². The van der Waals surface area contributed by atoms with Gasteiger partial charge in [0.1, 0.15) is 0 Å². The summed E-state index contributed by atoms with van der Waals surface area (Å²) in [4.78, 5) is 0. The molecule has 0 aromatic heterocycles. The SMILES string of the molecule is CCCN(CC1CC1)NC. The van der Waals surface area contributed by atoms with Crippen LogP contribution in [0.15, 0.2) is 0 Å². The lowest BCUT2D eigenvalue weighted by Gasteiger charge is -2.19. The monoisotopic (exact) mass is 142 g/mol. The number of hydrazine groups is 1. The van der Waals surface area contributed by atoms with Crippen LogP contribution in [0.4, 0.5) is 0 Å². The van der Waals surface area contributed by atoms with Crippen molar-refractivity contribution in [2.45, 2.75) is 26.2 Å². The van der Waals surface area contributed by atoms with Crippen LogP contribution in [0.3, 0.4) is 0 Å². The van der Waals surface area contributed by atoms with Crippen molar-refractivity contribution in [2.24, 2.45) is 5.92 Å². The molecule has 0 bridgehead atoms. The standard InChI is InChI=1S/C8H18N2/c1-3-6-10(9-2)7-8-4-5-8/h8-9H,3-7H2,1-2H3. The summed E-state index contributed by atoms with van der Waals surface area (Å²) in [6.45, 7) is 4.66. The summed E-state index contributed by atoms with van der Waals surface area (Å²) in [5.41, 5.74) is 3.21. The van der Waals surface area contributed by atoms with Crippen molar-refractivity contribution in [3.63, 3.8) is 0 Å². The molecule has 1 fully saturated rings. The molecule has 1 N–H and O–H groups in total. The van der Waals surface area contributed by atoms with E-state index in [1.54, 1.807) is 0 Å². The Labute approximate surface area is 63.6 Å². The molecule has 0 radical (unpaired) electrons. The minimum atomic E-state index is 0.999. The molecule has 1 saturated carbocycles. The van der Waals surface area contributed by atoms with Crippen LogP contribution >= 0.6 is 0 Å². The molecule has 0 aliphatic heterocycles. The molecule has 0 spiro atoms. The van der Waals surface area contributed by atoms with Gasteiger partial charge in [0.05, 0.1) is 0 Å². The minimum Gasteiger partial charge on any atom is -0.258 e. The van der Waals surface area contributed by atoms with E-state index in [9.17, 15) is 0 Å². The van der Waals surface area contributed by atoms with Crippen molar-refractivity contribution in [1.82, 2.24) is 10.4 Å². The normalized spacial score (nSPS) is 18.3. The van der Waals surface area contributed by atoms with Gasteiger partial charge in [-0.25, -0.2) is 5.01 Å². The molecule has 0 aromatic rings. The van der Waals surface area contributed by atoms with Gasteiger partial charge in [-0.15, -0.1) is 0 Å². The minimum absolute atomic E-state index is 0.999. The molecule has 0 heterocycles. The third kappa shape index (κ3) is 2.67. The van der Waals surface area contributed by atoms with Gasteiger partial charge in [-0.3, -0.25) is 5.43 Å². The Hall–Kier alpha value is -0.0800. The van der Waals surface area contributed by atoms with E-state index in [-0.39, 0.29) is 0 Å². The van der Waals surface area contributed by atoms with Gasteiger partial charge in [-0.05, 0) is 32.2 Å². The smallest absolute Gasteiger partial charge is 0.0159 e. The maximum atomic E-state index is 3.21. The van der Waals surface area contributed by atoms with Gasteiger partial charge < -0.3 is 0 Å². The molecule has 0 aromatic carbocycles. The Morgan fingerprint density at radius 1 is 1.50 bits per heavy atom. The van der Waals surface area contributed by atoms with Gasteiger partial charge in [-0.1, -0.05) is 6.92 Å². The summed E-state index contributed by atoms with van der Waals surface area (Å²) in [7, 11) is 2.01. The molecule has 0 amide bonds. The quantitative estimate of drug-likeness (QED) is 0.581. The van der Waals surface area contributed by atoms with Crippen molar-refractivity contribution in [3.05, 3.63) is 0 Å². The van der Waals surface area contributed by atoms with E-state index >= 15 is 0 Å². The van der Waals surface area contributed by atoms with Crippen LogP contribution in [0.2, 0.25) is 0 Å². The molecule has 0 saturated heterocycles. The van der Waals surface area contributed by atoms with Gasteiger partial charge >= 0.3 is 0 Å². The first-order valence-corrected chi connectivity index (χ1v) is 4.29. The average molecular weight is 142 g/mol. The molecular formula is C8H18N2. The highest BCUT2D eigenvalue weighted by atomic mass is 15.5. The molecule has 1 aliphatic rings. The molecule has 1 aliphatic carbocycles. The number of nitrogens with zero attached hydrogens (tertiary/aromatic N) is 1. The van der Waals surface area contributed by atoms with Crippen LogP contribution in [0.25, 0.3) is 0 Å². The first-order chi connectivity index (χ1) is 4.86. The zero-order chi connectivity index (χ0) is 7.40. The molecule has 0 atom stereocenters. The third-order valence-corrected chi connectivity index (χ3v) is 1.99. The number of nitrogens with one attached hydrogen (secondary N) is 1. The number of hydrogen-bond donors (Lipinski definition) is 1. The maximum absolute atomic E-state index is 3.21. The lowest BCUT2D eigenvalue weighted by molar-refractivity contribution is 0.199. The predicted octanol–water partition coefficient (Wildman–Crippen LogP) is 1.24. The summed E-state index contributed by atoms with van der Waals surface area (Å²) in [6, 6.07) is 0. The molecule has 10 heavy (non-hydrogen) atoms. The van der Waals surface area contributed by atoms with Crippen LogP contribution in [0.5, 0.6) is 0 Å². The van der Waals surface area contributed by atoms with Crippen LogP contribution in [0.1, 0.15) is 26.2 Å². The Bertz CT molecular complexity index is 89.3. The zero-order valence-electron chi connectivity index (χ0n) is 7.06. The van der Waals surface area contributed by atoms with Gasteiger partial charge in [0.15, 0.2) is 0 Å². The molecule has 60 valence electrons. The second-order valence-electron chi connectivity index (χ2n) is 3.11. The second-order valence-corrected chi connectivity index (χ2v) is 3.11. The Morgan fingerprint density at radius 2 is 2.20 bits per heavy atom. The Balaban J connectivity index is 2.05. The van der Waals surface area contributed by atoms with Gasteiger partial charge in [0, 0.05) is 13.1 Å². The van der Waals surface area contributed by atoms with Crippen molar-refractivity contribution >= 4 is 0 Å². The van der Waals surface area contributed by atoms with Gasteiger partial charge in [0.25, 0.3) is 0 Å². The summed E-state index contributed by atoms with van der Waals surface area (Å²) in [5.74, 6) is 0.999. The zero-order valence-corrected chi connectivity index (χ0v) is 7.06. The first-order valence-electron chi connectivity index (χ1n) is 4.29. The number of rotatable bonds is 5. The fourth-order valence-corrected chi connectivity index (χ4v) is 1.18. The average Bonchev–Trinajstić information content (AvgIpc) is 2.71. The van der Waals surface area contributed by atoms with Crippen molar-refractivity contribution in [2.75, 3.05) is 20.1 Å². The summed E-state index contributed by atoms with van der Waals surface area (Å²) in [5, 5.41) is 2.32. The Morgan fingerprint density at radius 3 is 2.60 bits per heavy atom. The second kappa shape index (κ2) is 3.94.